The summed E-state index contributed by atoms with van der Waals surface area (Å²) in [5, 5.41) is 3.56. The molecule has 3 rings (SSSR count). The maximum Gasteiger partial charge on any atom is 0.244 e. The minimum absolute atomic E-state index is 0. The monoisotopic (exact) mass is 364 g/mol. The van der Waals surface area contributed by atoms with Crippen molar-refractivity contribution in [3.63, 3.8) is 0 Å². The van der Waals surface area contributed by atoms with E-state index in [0.717, 1.165) is 29.1 Å². The minimum atomic E-state index is -3.30. The first-order chi connectivity index (χ1) is 9.98. The highest BCUT2D eigenvalue weighted by molar-refractivity contribution is 7.89. The summed E-state index contributed by atoms with van der Waals surface area (Å²) >= 11 is 1.57. The van der Waals surface area contributed by atoms with Crippen LogP contribution >= 0.6 is 23.7 Å². The first-order valence-electron chi connectivity index (χ1n) is 7.79. The Bertz CT molecular complexity index is 601. The van der Waals surface area contributed by atoms with Crippen LogP contribution < -0.4 is 5.32 Å². The van der Waals surface area contributed by atoms with Gasteiger partial charge in [0.2, 0.25) is 10.0 Å². The van der Waals surface area contributed by atoms with Gasteiger partial charge >= 0.3 is 0 Å². The average molecular weight is 365 g/mol. The van der Waals surface area contributed by atoms with Crippen LogP contribution in [0.1, 0.15) is 35.4 Å². The zero-order chi connectivity index (χ0) is 15.0. The van der Waals surface area contributed by atoms with E-state index in [9.17, 15) is 8.42 Å². The van der Waals surface area contributed by atoms with Gasteiger partial charge in [0, 0.05) is 28.9 Å². The van der Waals surface area contributed by atoms with Crippen molar-refractivity contribution in [3.8, 4) is 0 Å². The molecule has 2 fully saturated rings. The van der Waals surface area contributed by atoms with Gasteiger partial charge in [-0.05, 0) is 58.1 Å². The number of thiophene rings is 1. The van der Waals surface area contributed by atoms with Gasteiger partial charge in [-0.15, -0.1) is 23.7 Å². The van der Waals surface area contributed by atoms with Gasteiger partial charge in [0.1, 0.15) is 0 Å². The molecule has 0 bridgehead atoms. The molecule has 2 aliphatic heterocycles. The molecule has 0 aliphatic carbocycles. The molecule has 3 heterocycles. The average Bonchev–Trinajstić information content (AvgIpc) is 3.09. The second-order valence-electron chi connectivity index (χ2n) is 6.22. The Kier molecular flexibility index (Phi) is 5.94. The Morgan fingerprint density at radius 3 is 2.41 bits per heavy atom. The number of halogens is 1. The molecule has 0 aromatic carbocycles. The molecule has 7 heteroatoms. The molecule has 0 amide bonds. The van der Waals surface area contributed by atoms with Crippen LogP contribution in [0.3, 0.4) is 0 Å². The van der Waals surface area contributed by atoms with Gasteiger partial charge in [0.15, 0.2) is 0 Å². The van der Waals surface area contributed by atoms with Crippen LogP contribution in [0.4, 0.5) is 0 Å². The fourth-order valence-corrected chi connectivity index (χ4v) is 6.63. The van der Waals surface area contributed by atoms with Crippen molar-refractivity contribution in [1.82, 2.24) is 9.62 Å². The van der Waals surface area contributed by atoms with Crippen molar-refractivity contribution in [2.75, 3.05) is 19.6 Å². The molecule has 1 aromatic heterocycles. The number of sulfonamides is 1. The number of rotatable bonds is 3. The fourth-order valence-electron chi connectivity index (χ4n) is 3.64. The highest BCUT2D eigenvalue weighted by Crippen LogP contribution is 2.32. The summed E-state index contributed by atoms with van der Waals surface area (Å²) in [6.45, 7) is 6.32. The normalized spacial score (nSPS) is 24.4. The van der Waals surface area contributed by atoms with E-state index in [2.05, 4.69) is 5.32 Å². The first kappa shape index (κ1) is 18.2. The minimum Gasteiger partial charge on any atom is -0.314 e. The highest BCUT2D eigenvalue weighted by Gasteiger charge is 2.34. The first-order valence-corrected chi connectivity index (χ1v) is 10.0. The van der Waals surface area contributed by atoms with Crippen LogP contribution in [0.25, 0.3) is 0 Å². The highest BCUT2D eigenvalue weighted by atomic mass is 35.5. The topological polar surface area (TPSA) is 49.4 Å². The van der Waals surface area contributed by atoms with Crippen molar-refractivity contribution in [1.29, 1.82) is 0 Å². The molecular weight excluding hydrogens is 340 g/mol. The quantitative estimate of drug-likeness (QED) is 0.897. The molecular formula is C15H25ClN2O2S2. The second-order valence-corrected chi connectivity index (χ2v) is 9.59. The molecule has 0 saturated carbocycles. The standard InChI is InChI=1S/C15H24N2O2S2.ClH/c1-11-10-15(12(2)20-11)21(18,19)17-8-5-13(6-9-17)14-4-3-7-16-14;/h10,13-14,16H,3-9H2,1-2H3;1H. The number of hydrogen-bond acceptors (Lipinski definition) is 4. The van der Waals surface area contributed by atoms with E-state index < -0.39 is 10.0 Å². The maximum atomic E-state index is 12.8. The Labute approximate surface area is 143 Å². The van der Waals surface area contributed by atoms with E-state index in [-0.39, 0.29) is 12.4 Å². The van der Waals surface area contributed by atoms with E-state index in [1.54, 1.807) is 15.6 Å². The summed E-state index contributed by atoms with van der Waals surface area (Å²) in [7, 11) is -3.30. The molecule has 1 unspecified atom stereocenters. The summed E-state index contributed by atoms with van der Waals surface area (Å²) < 4.78 is 27.2. The number of aryl methyl sites for hydroxylation is 2. The molecule has 4 nitrogen and oxygen atoms in total. The van der Waals surface area contributed by atoms with Crippen LogP contribution in [0.15, 0.2) is 11.0 Å². The Morgan fingerprint density at radius 1 is 1.23 bits per heavy atom. The van der Waals surface area contributed by atoms with E-state index in [1.807, 2.05) is 19.9 Å². The van der Waals surface area contributed by atoms with E-state index in [0.29, 0.717) is 29.9 Å². The molecule has 1 atom stereocenters. The summed E-state index contributed by atoms with van der Waals surface area (Å²) in [4.78, 5) is 2.49. The molecule has 0 spiro atoms. The molecule has 1 aromatic rings. The molecule has 1 N–H and O–H groups in total. The SMILES string of the molecule is Cc1cc(S(=O)(=O)N2CCC(C3CCCN3)CC2)c(C)s1.Cl. The van der Waals surface area contributed by atoms with Crippen molar-refractivity contribution in [3.05, 3.63) is 15.8 Å². The zero-order valence-electron chi connectivity index (χ0n) is 13.2. The van der Waals surface area contributed by atoms with Gasteiger partial charge in [0.05, 0.1) is 4.90 Å². The predicted octanol–water partition coefficient (Wildman–Crippen LogP) is 2.94. The predicted molar refractivity (Wildman–Crippen MR) is 93.5 cm³/mol. The lowest BCUT2D eigenvalue weighted by atomic mass is 9.89. The summed E-state index contributed by atoms with van der Waals surface area (Å²) in [5.74, 6) is 0.643. The van der Waals surface area contributed by atoms with Crippen LogP contribution in [-0.2, 0) is 10.0 Å². The summed E-state index contributed by atoms with van der Waals surface area (Å²) in [6.07, 6.45) is 4.48. The zero-order valence-corrected chi connectivity index (χ0v) is 15.6. The lowest BCUT2D eigenvalue weighted by molar-refractivity contribution is 0.234. The Balaban J connectivity index is 0.00000176. The number of hydrogen-bond donors (Lipinski definition) is 1. The van der Waals surface area contributed by atoms with E-state index >= 15 is 0 Å². The van der Waals surface area contributed by atoms with Crippen molar-refractivity contribution < 1.29 is 8.42 Å². The second kappa shape index (κ2) is 7.18. The lowest BCUT2D eigenvalue weighted by Crippen LogP contribution is -2.43. The van der Waals surface area contributed by atoms with E-state index in [4.69, 9.17) is 0 Å². The summed E-state index contributed by atoms with van der Waals surface area (Å²) in [6, 6.07) is 2.43. The van der Waals surface area contributed by atoms with Crippen molar-refractivity contribution >= 4 is 33.8 Å². The number of nitrogens with zero attached hydrogens (tertiary/aromatic N) is 1. The number of nitrogens with one attached hydrogen (secondary N) is 1. The Hall–Kier alpha value is -0.140. The van der Waals surface area contributed by atoms with Gasteiger partial charge in [-0.25, -0.2) is 8.42 Å². The molecule has 0 radical (unpaired) electrons. The largest absolute Gasteiger partial charge is 0.314 e. The molecule has 2 aliphatic rings. The summed E-state index contributed by atoms with van der Waals surface area (Å²) in [5.41, 5.74) is 0. The third-order valence-electron chi connectivity index (χ3n) is 4.78. The van der Waals surface area contributed by atoms with E-state index in [1.165, 1.54) is 12.8 Å². The van der Waals surface area contributed by atoms with Crippen LogP contribution in [0, 0.1) is 19.8 Å². The molecule has 126 valence electrons. The molecule has 2 saturated heterocycles. The lowest BCUT2D eigenvalue weighted by Gasteiger charge is -2.34. The number of piperidine rings is 1. The third-order valence-corrected chi connectivity index (χ3v) is 7.90. The van der Waals surface area contributed by atoms with Crippen LogP contribution in [0.2, 0.25) is 0 Å². The van der Waals surface area contributed by atoms with Gasteiger partial charge in [-0.2, -0.15) is 4.31 Å². The van der Waals surface area contributed by atoms with Crippen molar-refractivity contribution in [2.24, 2.45) is 5.92 Å². The third kappa shape index (κ3) is 3.51. The molecule has 22 heavy (non-hydrogen) atoms. The maximum absolute atomic E-state index is 12.8. The van der Waals surface area contributed by atoms with Gasteiger partial charge in [-0.1, -0.05) is 0 Å². The fraction of sp³-hybridized carbons (Fsp3) is 0.733. The van der Waals surface area contributed by atoms with Crippen LogP contribution in [-0.4, -0.2) is 38.4 Å². The van der Waals surface area contributed by atoms with Gasteiger partial charge in [-0.3, -0.25) is 0 Å². The van der Waals surface area contributed by atoms with Crippen LogP contribution in [0.5, 0.6) is 0 Å². The Morgan fingerprint density at radius 2 is 1.91 bits per heavy atom. The van der Waals surface area contributed by atoms with Gasteiger partial charge in [0.25, 0.3) is 0 Å². The smallest absolute Gasteiger partial charge is 0.244 e. The van der Waals surface area contributed by atoms with Crippen molar-refractivity contribution in [2.45, 2.75) is 50.5 Å². The van der Waals surface area contributed by atoms with Gasteiger partial charge < -0.3 is 5.32 Å².